The molecule has 2 bridgehead atoms. The van der Waals surface area contributed by atoms with Crippen molar-refractivity contribution in [2.45, 2.75) is 84.7 Å². The Hall–Kier alpha value is -2.65. The topological polar surface area (TPSA) is 120 Å². The number of benzene rings is 1. The summed E-state index contributed by atoms with van der Waals surface area (Å²) in [6.07, 6.45) is -0.396. The van der Waals surface area contributed by atoms with Gasteiger partial charge in [-0.25, -0.2) is 0 Å². The molecule has 208 valence electrons. The molecule has 0 radical (unpaired) electrons. The molecular formula is C28H46N4O5. The highest BCUT2D eigenvalue weighted by molar-refractivity contribution is 5.93. The van der Waals surface area contributed by atoms with E-state index in [1.165, 1.54) is 0 Å². The Kier molecular flexibility index (Phi) is 11.4. The van der Waals surface area contributed by atoms with Crippen LogP contribution in [0, 0.1) is 17.8 Å². The third kappa shape index (κ3) is 8.43. The molecule has 1 aromatic carbocycles. The van der Waals surface area contributed by atoms with Crippen molar-refractivity contribution in [3.05, 3.63) is 29.8 Å². The van der Waals surface area contributed by atoms with Gasteiger partial charge in [0.05, 0.1) is 12.1 Å². The van der Waals surface area contributed by atoms with Crippen molar-refractivity contribution in [3.63, 3.8) is 0 Å². The number of aliphatic hydroxyl groups excluding tert-OH is 1. The summed E-state index contributed by atoms with van der Waals surface area (Å²) in [7, 11) is 3.69. The lowest BCUT2D eigenvalue weighted by Gasteiger charge is -2.35. The fourth-order valence-corrected chi connectivity index (χ4v) is 4.68. The number of hydrogen-bond donors (Lipinski definition) is 4. The minimum Gasteiger partial charge on any atom is -0.487 e. The van der Waals surface area contributed by atoms with Crippen LogP contribution in [0.25, 0.3) is 0 Å². The Bertz CT molecular complexity index is 902. The van der Waals surface area contributed by atoms with Gasteiger partial charge in [-0.1, -0.05) is 60.1 Å². The molecule has 6 atom stereocenters. The molecule has 0 aromatic heterocycles. The third-order valence-corrected chi connectivity index (χ3v) is 6.92. The second-order valence-corrected chi connectivity index (χ2v) is 11.1. The van der Waals surface area contributed by atoms with Crippen LogP contribution in [0.3, 0.4) is 0 Å². The Morgan fingerprint density at radius 3 is 2.24 bits per heavy atom. The van der Waals surface area contributed by atoms with Gasteiger partial charge in [0.25, 0.3) is 0 Å². The Morgan fingerprint density at radius 1 is 1.11 bits per heavy atom. The lowest BCUT2D eigenvalue weighted by Crippen LogP contribution is -2.62. The first kappa shape index (κ1) is 30.6. The first-order valence-corrected chi connectivity index (χ1v) is 13.3. The summed E-state index contributed by atoms with van der Waals surface area (Å²) in [6.45, 7) is 11.8. The quantitative estimate of drug-likeness (QED) is 0.419. The maximum Gasteiger partial charge on any atom is 0.247 e. The van der Waals surface area contributed by atoms with Crippen molar-refractivity contribution in [2.24, 2.45) is 17.8 Å². The number of carbonyl (C=O) groups is 3. The highest BCUT2D eigenvalue weighted by atomic mass is 16.5. The van der Waals surface area contributed by atoms with Gasteiger partial charge in [0.1, 0.15) is 23.9 Å². The van der Waals surface area contributed by atoms with E-state index in [2.05, 4.69) is 16.0 Å². The van der Waals surface area contributed by atoms with Crippen LogP contribution < -0.4 is 20.7 Å². The molecule has 1 aromatic rings. The number of likely N-dealkylation sites (N-methyl/N-ethyl adjacent to an activating group) is 1. The molecule has 9 nitrogen and oxygen atoms in total. The number of hydrogen-bond acceptors (Lipinski definition) is 6. The molecule has 0 fully saturated rings. The van der Waals surface area contributed by atoms with Gasteiger partial charge in [-0.05, 0) is 56.0 Å². The molecule has 0 saturated heterocycles. The van der Waals surface area contributed by atoms with Crippen LogP contribution in [-0.4, -0.2) is 72.6 Å². The van der Waals surface area contributed by atoms with Gasteiger partial charge in [0.15, 0.2) is 0 Å². The van der Waals surface area contributed by atoms with E-state index < -0.39 is 36.2 Å². The predicted octanol–water partition coefficient (Wildman–Crippen LogP) is 2.25. The summed E-state index contributed by atoms with van der Waals surface area (Å²) in [6, 6.07) is 4.63. The van der Waals surface area contributed by atoms with Crippen molar-refractivity contribution in [1.29, 1.82) is 0 Å². The molecule has 3 rings (SSSR count). The average molecular weight is 519 g/mol. The first-order valence-electron chi connectivity index (χ1n) is 13.3. The standard InChI is InChI=1S/C28H46N4O5/c1-9-18(6)24(32(7)8)28(36)31-23-25(17(4)5)37-20-12-10-19(11-13-20)22(33)15-29-26(34)21(14-16(2)3)30-27(23)35/h10-13,16-18,21-25,33H,9,14-15H2,1-8H3,(H,29,34)(H,30,35)(H,31,36)/t18-,21+,22-,23-,24-,25-/m0/s1. The normalized spacial score (nSPS) is 24.8. The van der Waals surface area contributed by atoms with Crippen LogP contribution >= 0.6 is 0 Å². The molecule has 2 aliphatic heterocycles. The zero-order valence-corrected chi connectivity index (χ0v) is 23.6. The lowest BCUT2D eigenvalue weighted by molar-refractivity contribution is -0.137. The fraction of sp³-hybridized carbons (Fsp3) is 0.679. The highest BCUT2D eigenvalue weighted by Crippen LogP contribution is 2.23. The van der Waals surface area contributed by atoms with Crippen molar-refractivity contribution in [1.82, 2.24) is 20.9 Å². The number of ether oxygens (including phenoxy) is 1. The van der Waals surface area contributed by atoms with Gasteiger partial charge in [-0.2, -0.15) is 0 Å². The highest BCUT2D eigenvalue weighted by Gasteiger charge is 2.38. The largest absolute Gasteiger partial charge is 0.487 e. The summed E-state index contributed by atoms with van der Waals surface area (Å²) in [5.74, 6) is -0.566. The minimum absolute atomic E-state index is 0.0116. The third-order valence-electron chi connectivity index (χ3n) is 6.92. The smallest absolute Gasteiger partial charge is 0.247 e. The second kappa shape index (κ2) is 13.8. The Balaban J connectivity index is 2.53. The van der Waals surface area contributed by atoms with E-state index in [0.29, 0.717) is 17.7 Å². The zero-order chi connectivity index (χ0) is 27.9. The number of rotatable bonds is 8. The maximum absolute atomic E-state index is 13.8. The van der Waals surface area contributed by atoms with Gasteiger partial charge >= 0.3 is 0 Å². The van der Waals surface area contributed by atoms with E-state index in [-0.39, 0.29) is 36.1 Å². The number of nitrogens with one attached hydrogen (secondary N) is 3. The molecule has 0 unspecified atom stereocenters. The summed E-state index contributed by atoms with van der Waals surface area (Å²) < 4.78 is 6.29. The first-order chi connectivity index (χ1) is 17.3. The van der Waals surface area contributed by atoms with E-state index >= 15 is 0 Å². The molecular weight excluding hydrogens is 472 g/mol. The van der Waals surface area contributed by atoms with Crippen LogP contribution in [0.1, 0.15) is 66.1 Å². The summed E-state index contributed by atoms with van der Waals surface area (Å²) in [5.41, 5.74) is 0.641. The SMILES string of the molecule is CC[C@H](C)[C@@H](C(=O)N[C@@H]1C(=O)N[C@H](CC(C)C)C(=O)NC[C@H](O)c2ccc(cc2)O[C@H]1C(C)C)N(C)C. The minimum atomic E-state index is -1.03. The van der Waals surface area contributed by atoms with Crippen LogP contribution in [0.2, 0.25) is 0 Å². The summed E-state index contributed by atoms with van der Waals surface area (Å²) in [4.78, 5) is 42.2. The molecule has 4 N–H and O–H groups in total. The Labute approximate surface area is 221 Å². The van der Waals surface area contributed by atoms with Gasteiger partial charge in [-0.3, -0.25) is 19.3 Å². The van der Waals surface area contributed by atoms with Crippen LogP contribution in [-0.2, 0) is 14.4 Å². The molecule has 37 heavy (non-hydrogen) atoms. The van der Waals surface area contributed by atoms with Gasteiger partial charge in [0.2, 0.25) is 17.7 Å². The zero-order valence-electron chi connectivity index (χ0n) is 23.6. The average Bonchev–Trinajstić information content (AvgIpc) is 2.83. The molecule has 3 amide bonds. The van der Waals surface area contributed by atoms with Crippen molar-refractivity contribution in [2.75, 3.05) is 20.6 Å². The number of amides is 3. The van der Waals surface area contributed by atoms with Gasteiger partial charge in [0, 0.05) is 6.54 Å². The molecule has 2 aliphatic rings. The van der Waals surface area contributed by atoms with E-state index in [1.54, 1.807) is 24.3 Å². The number of nitrogens with zero attached hydrogens (tertiary/aromatic N) is 1. The lowest BCUT2D eigenvalue weighted by atomic mass is 9.94. The molecule has 2 heterocycles. The molecule has 9 heteroatoms. The number of aliphatic hydroxyl groups is 1. The van der Waals surface area contributed by atoms with Crippen molar-refractivity contribution in [3.8, 4) is 5.75 Å². The molecule has 0 aliphatic carbocycles. The van der Waals surface area contributed by atoms with Crippen molar-refractivity contribution < 1.29 is 24.2 Å². The van der Waals surface area contributed by atoms with E-state index in [4.69, 9.17) is 4.74 Å². The van der Waals surface area contributed by atoms with Gasteiger partial charge in [-0.15, -0.1) is 0 Å². The van der Waals surface area contributed by atoms with E-state index in [9.17, 15) is 19.5 Å². The summed E-state index contributed by atoms with van der Waals surface area (Å²) in [5, 5.41) is 19.1. The van der Waals surface area contributed by atoms with Crippen LogP contribution in [0.15, 0.2) is 24.3 Å². The number of fused-ring (bicyclic) bond motifs is 11. The molecule has 0 saturated carbocycles. The van der Waals surface area contributed by atoms with Crippen molar-refractivity contribution >= 4 is 17.7 Å². The van der Waals surface area contributed by atoms with E-state index in [1.807, 2.05) is 60.5 Å². The van der Waals surface area contributed by atoms with Crippen LogP contribution in [0.5, 0.6) is 5.75 Å². The number of carbonyl (C=O) groups excluding carboxylic acids is 3. The molecule has 0 spiro atoms. The van der Waals surface area contributed by atoms with E-state index in [0.717, 1.165) is 6.42 Å². The monoisotopic (exact) mass is 518 g/mol. The maximum atomic E-state index is 13.8. The van der Waals surface area contributed by atoms with Crippen LogP contribution in [0.4, 0.5) is 0 Å². The summed E-state index contributed by atoms with van der Waals surface area (Å²) >= 11 is 0. The fourth-order valence-electron chi connectivity index (χ4n) is 4.68. The van der Waals surface area contributed by atoms with Gasteiger partial charge < -0.3 is 25.8 Å². The predicted molar refractivity (Wildman–Crippen MR) is 144 cm³/mol. The Morgan fingerprint density at radius 2 is 1.73 bits per heavy atom. The second-order valence-electron chi connectivity index (χ2n) is 11.1.